The maximum atomic E-state index is 13.3. The van der Waals surface area contributed by atoms with Gasteiger partial charge in [0.05, 0.1) is 6.04 Å². The number of aromatic nitrogens is 2. The summed E-state index contributed by atoms with van der Waals surface area (Å²) in [4.78, 5) is 36.4. The Morgan fingerprint density at radius 2 is 2.07 bits per heavy atom. The van der Waals surface area contributed by atoms with E-state index in [0.717, 1.165) is 6.92 Å². The molecule has 3 heterocycles. The molecular weight excluding hydrogens is 386 g/mol. The summed E-state index contributed by atoms with van der Waals surface area (Å²) in [6.45, 7) is -1.97. The fourth-order valence-corrected chi connectivity index (χ4v) is 3.62. The minimum Gasteiger partial charge on any atom is -0.300 e. The van der Waals surface area contributed by atoms with Gasteiger partial charge in [0, 0.05) is 32.0 Å². The van der Waals surface area contributed by atoms with Gasteiger partial charge in [0.15, 0.2) is 5.65 Å². The van der Waals surface area contributed by atoms with Crippen LogP contribution in [0.15, 0.2) is 48.5 Å². The summed E-state index contributed by atoms with van der Waals surface area (Å²) < 4.78 is 47.0. The van der Waals surface area contributed by atoms with Gasteiger partial charge in [-0.2, -0.15) is 0 Å². The average Bonchev–Trinajstić information content (AvgIpc) is 3.03. The number of pyridine rings is 2. The molecule has 2 atom stereocenters. The minimum atomic E-state index is -2.93. The van der Waals surface area contributed by atoms with E-state index in [2.05, 4.69) is 9.97 Å². The molecule has 2 aromatic heterocycles. The molecule has 6 heteroatoms. The number of anilines is 1. The molecule has 0 N–H and O–H groups in total. The highest BCUT2D eigenvalue weighted by Crippen LogP contribution is 2.39. The van der Waals surface area contributed by atoms with E-state index >= 15 is 0 Å². The van der Waals surface area contributed by atoms with Crippen LogP contribution in [0.1, 0.15) is 63.2 Å². The second kappa shape index (κ2) is 7.91. The van der Waals surface area contributed by atoms with Crippen LogP contribution in [0.2, 0.25) is 5.15 Å². The molecule has 0 bridgehead atoms. The fourth-order valence-electron chi connectivity index (χ4n) is 3.48. The van der Waals surface area contributed by atoms with Crippen molar-refractivity contribution in [1.82, 2.24) is 9.97 Å². The number of hydrogen-bond acceptors (Lipinski definition) is 4. The largest absolute Gasteiger partial charge is 0.300 e. The first-order valence-corrected chi connectivity index (χ1v) is 9.48. The van der Waals surface area contributed by atoms with Gasteiger partial charge in [-0.15, -0.1) is 0 Å². The maximum Gasteiger partial charge on any atom is 0.260 e. The van der Waals surface area contributed by atoms with Gasteiger partial charge in [0.1, 0.15) is 16.8 Å². The van der Waals surface area contributed by atoms with Gasteiger partial charge in [-0.25, -0.2) is 9.97 Å². The molecule has 29 heavy (non-hydrogen) atoms. The van der Waals surface area contributed by atoms with Gasteiger partial charge in [0.25, 0.3) is 5.91 Å². The molecule has 148 valence electrons. The Morgan fingerprint density at radius 3 is 2.90 bits per heavy atom. The predicted molar refractivity (Wildman–Crippen MR) is 114 cm³/mol. The number of carbonyl (C=O) groups excluding carboxylic acids is 2. The molecular formula is C23H22ClN3O2. The predicted octanol–water partition coefficient (Wildman–Crippen LogP) is 5.38. The second-order valence-corrected chi connectivity index (χ2v) is 7.24. The van der Waals surface area contributed by atoms with Crippen molar-refractivity contribution < 1.29 is 17.8 Å². The van der Waals surface area contributed by atoms with Crippen LogP contribution in [0.25, 0.3) is 11.0 Å². The molecule has 0 saturated carbocycles. The van der Waals surface area contributed by atoms with Crippen molar-refractivity contribution in [2.75, 3.05) is 4.90 Å². The Labute approximate surface area is 183 Å². The van der Waals surface area contributed by atoms with E-state index in [1.54, 1.807) is 48.5 Å². The lowest BCUT2D eigenvalue weighted by Crippen LogP contribution is -2.30. The second-order valence-electron chi connectivity index (χ2n) is 6.85. The van der Waals surface area contributed by atoms with Gasteiger partial charge < -0.3 is 0 Å². The van der Waals surface area contributed by atoms with Crippen molar-refractivity contribution in [1.29, 1.82) is 0 Å². The topological polar surface area (TPSA) is 63.2 Å². The van der Waals surface area contributed by atoms with Crippen LogP contribution in [0, 0.1) is 5.89 Å². The van der Waals surface area contributed by atoms with Crippen molar-refractivity contribution in [2.24, 2.45) is 5.89 Å². The molecule has 1 aliphatic heterocycles. The van der Waals surface area contributed by atoms with E-state index in [4.69, 9.17) is 19.8 Å². The number of Topliss-reactive ketones (excluding diaryl/α,β-unsaturated/α-hetero) is 1. The van der Waals surface area contributed by atoms with E-state index in [1.165, 1.54) is 4.90 Å². The van der Waals surface area contributed by atoms with Crippen LogP contribution in [-0.4, -0.2) is 21.7 Å². The molecule has 1 amide bonds. The molecule has 0 aliphatic carbocycles. The summed E-state index contributed by atoms with van der Waals surface area (Å²) in [7, 11) is 0. The van der Waals surface area contributed by atoms with Crippen molar-refractivity contribution in [3.63, 3.8) is 0 Å². The Balaban J connectivity index is 1.69. The maximum absolute atomic E-state index is 13.3. The monoisotopic (exact) mass is 413 g/mol. The number of hydrogen-bond donors (Lipinski definition) is 0. The highest BCUT2D eigenvalue weighted by molar-refractivity contribution is 6.29. The SMILES string of the molecule is [2H]C([2H])([2H])C([2H])(C)C([2H])([2H])CC(=O)C[C@H]1c2ccccc2C(=O)N1c1ccc2ccc(Cl)nc2n1. The number of ketones is 1. The Morgan fingerprint density at radius 1 is 1.28 bits per heavy atom. The molecule has 0 saturated heterocycles. The van der Waals surface area contributed by atoms with Crippen LogP contribution in [-0.2, 0) is 4.79 Å². The Hall–Kier alpha value is -2.79. The van der Waals surface area contributed by atoms with Crippen LogP contribution in [0.4, 0.5) is 5.82 Å². The van der Waals surface area contributed by atoms with Crippen LogP contribution in [0.3, 0.4) is 0 Å². The summed E-state index contributed by atoms with van der Waals surface area (Å²) >= 11 is 5.99. The number of nitrogens with zero attached hydrogens (tertiary/aromatic N) is 3. The van der Waals surface area contributed by atoms with Crippen LogP contribution in [0.5, 0.6) is 0 Å². The normalized spacial score (nSPS) is 21.9. The highest BCUT2D eigenvalue weighted by Gasteiger charge is 2.39. The smallest absolute Gasteiger partial charge is 0.260 e. The standard InChI is InChI=1S/C23H22ClN3O2/c1-14(2)7-10-16(28)13-19-17-5-3-4-6-18(17)23(29)27(19)21-12-9-15-8-11-20(24)25-22(15)26-21/h3-6,8-9,11-12,14,19H,7,10,13H2,1-2H3/t19-/m0/s1/i1D3,7D2,14D/t14?,19-. The van der Waals surface area contributed by atoms with Gasteiger partial charge in [0.2, 0.25) is 0 Å². The van der Waals surface area contributed by atoms with Gasteiger partial charge in [-0.3, -0.25) is 14.5 Å². The van der Waals surface area contributed by atoms with E-state index in [0.29, 0.717) is 22.2 Å². The lowest BCUT2D eigenvalue weighted by molar-refractivity contribution is -0.119. The van der Waals surface area contributed by atoms with Gasteiger partial charge in [-0.05, 0) is 48.2 Å². The van der Waals surface area contributed by atoms with Gasteiger partial charge in [-0.1, -0.05) is 43.6 Å². The third-order valence-corrected chi connectivity index (χ3v) is 5.01. The molecule has 0 fully saturated rings. The molecule has 0 radical (unpaired) electrons. The zero-order chi connectivity index (χ0) is 25.8. The average molecular weight is 414 g/mol. The zero-order valence-corrected chi connectivity index (χ0v) is 16.4. The first-order valence-electron chi connectivity index (χ1n) is 12.1. The quantitative estimate of drug-likeness (QED) is 0.509. The summed E-state index contributed by atoms with van der Waals surface area (Å²) in [6, 6.07) is 12.7. The van der Waals surface area contributed by atoms with Crippen LogP contribution < -0.4 is 4.90 Å². The highest BCUT2D eigenvalue weighted by atomic mass is 35.5. The third-order valence-electron chi connectivity index (χ3n) is 4.80. The Kier molecular flexibility index (Phi) is 3.67. The first-order chi connectivity index (χ1) is 16.2. The molecule has 3 aromatic rings. The molecule has 1 aliphatic rings. The number of fused-ring (bicyclic) bond motifs is 2. The lowest BCUT2D eigenvalue weighted by atomic mass is 9.97. The molecule has 0 spiro atoms. The number of benzene rings is 1. The van der Waals surface area contributed by atoms with Crippen LogP contribution >= 0.6 is 11.6 Å². The summed E-state index contributed by atoms with van der Waals surface area (Å²) in [5, 5.41) is 0.947. The first kappa shape index (κ1) is 13.4. The lowest BCUT2D eigenvalue weighted by Gasteiger charge is -2.24. The van der Waals surface area contributed by atoms with E-state index in [1.807, 2.05) is 0 Å². The van der Waals surface area contributed by atoms with Crippen molar-refractivity contribution >= 4 is 40.1 Å². The number of carbonyl (C=O) groups is 2. The minimum absolute atomic E-state index is 0.236. The zero-order valence-electron chi connectivity index (χ0n) is 21.6. The van der Waals surface area contributed by atoms with E-state index in [-0.39, 0.29) is 23.3 Å². The summed E-state index contributed by atoms with van der Waals surface area (Å²) in [5.41, 5.74) is 1.29. The summed E-state index contributed by atoms with van der Waals surface area (Å²) in [6.07, 6.45) is -3.68. The fraction of sp³-hybridized carbons (Fsp3) is 0.304. The van der Waals surface area contributed by atoms with E-state index < -0.39 is 37.4 Å². The van der Waals surface area contributed by atoms with Crippen molar-refractivity contribution in [2.45, 2.75) is 39.0 Å². The molecule has 5 nitrogen and oxygen atoms in total. The van der Waals surface area contributed by atoms with Gasteiger partial charge >= 0.3 is 0 Å². The Bertz CT molecular complexity index is 1330. The molecule has 1 aromatic carbocycles. The molecule has 4 rings (SSSR count). The third kappa shape index (κ3) is 3.87. The van der Waals surface area contributed by atoms with E-state index in [9.17, 15) is 9.59 Å². The van der Waals surface area contributed by atoms with Crippen molar-refractivity contribution in [3.05, 3.63) is 64.8 Å². The molecule has 1 unspecified atom stereocenters. The van der Waals surface area contributed by atoms with Crippen molar-refractivity contribution in [3.8, 4) is 0 Å². The summed E-state index contributed by atoms with van der Waals surface area (Å²) in [5.74, 6) is -3.23. The number of amides is 1. The number of halogens is 1. The number of rotatable bonds is 6.